The summed E-state index contributed by atoms with van der Waals surface area (Å²) in [6.07, 6.45) is 1.21. The molecule has 1 aromatic rings. The first-order valence-corrected chi connectivity index (χ1v) is 3.38. The largest absolute Gasteiger partial charge is 0.411 e. The van der Waals surface area contributed by atoms with Crippen molar-refractivity contribution in [2.75, 3.05) is 0 Å². The van der Waals surface area contributed by atoms with Crippen LogP contribution in [-0.4, -0.2) is 16.6 Å². The molecule has 0 spiro atoms. The Morgan fingerprint density at radius 2 is 2.45 bits per heavy atom. The highest BCUT2D eigenvalue weighted by Crippen LogP contribution is 2.12. The third kappa shape index (κ3) is 1.80. The number of hydrogen-bond donors (Lipinski definition) is 1. The fourth-order valence-corrected chi connectivity index (χ4v) is 0.694. The summed E-state index contributed by atoms with van der Waals surface area (Å²) in [6, 6.07) is 1.74. The average Bonchev–Trinajstić information content (AvgIpc) is 2.37. The molecule has 4 nitrogen and oxygen atoms in total. The van der Waals surface area contributed by atoms with Gasteiger partial charge in [0, 0.05) is 6.07 Å². The fourth-order valence-electron chi connectivity index (χ4n) is 0.694. The van der Waals surface area contributed by atoms with Gasteiger partial charge in [-0.25, -0.2) is 0 Å². The molecule has 60 valence electrons. The fraction of sp³-hybridized carbons (Fsp3) is 0.429. The molecule has 0 atom stereocenters. The quantitative estimate of drug-likeness (QED) is 0.400. The zero-order valence-corrected chi connectivity index (χ0v) is 6.48. The van der Waals surface area contributed by atoms with E-state index in [0.717, 1.165) is 5.69 Å². The number of oxime groups is 1. The van der Waals surface area contributed by atoms with Gasteiger partial charge >= 0.3 is 0 Å². The summed E-state index contributed by atoms with van der Waals surface area (Å²) in [7, 11) is 0. The predicted molar refractivity (Wildman–Crippen MR) is 40.0 cm³/mol. The van der Waals surface area contributed by atoms with E-state index in [1.54, 1.807) is 6.07 Å². The molecule has 0 fully saturated rings. The molecule has 1 heterocycles. The molecule has 0 saturated heterocycles. The molecule has 0 saturated carbocycles. The van der Waals surface area contributed by atoms with Crippen molar-refractivity contribution in [3.05, 3.63) is 17.5 Å². The molecule has 1 N–H and O–H groups in total. The Labute approximate surface area is 64.5 Å². The molecule has 0 aliphatic heterocycles. The van der Waals surface area contributed by atoms with Crippen molar-refractivity contribution >= 4 is 6.21 Å². The van der Waals surface area contributed by atoms with E-state index in [1.165, 1.54) is 6.21 Å². The third-order valence-electron chi connectivity index (χ3n) is 1.32. The molecular weight excluding hydrogens is 144 g/mol. The van der Waals surface area contributed by atoms with Crippen LogP contribution in [0.3, 0.4) is 0 Å². The summed E-state index contributed by atoms with van der Waals surface area (Å²) in [6.45, 7) is 4.02. The molecule has 0 bridgehead atoms. The molecule has 0 amide bonds. The predicted octanol–water partition coefficient (Wildman–Crippen LogP) is 1.61. The van der Waals surface area contributed by atoms with Crippen molar-refractivity contribution in [2.24, 2.45) is 5.16 Å². The minimum absolute atomic E-state index is 0.333. The van der Waals surface area contributed by atoms with Gasteiger partial charge in [0.2, 0.25) is 0 Å². The maximum Gasteiger partial charge on any atom is 0.181 e. The van der Waals surface area contributed by atoms with Gasteiger partial charge in [0.05, 0.1) is 5.69 Å². The van der Waals surface area contributed by atoms with E-state index in [0.29, 0.717) is 11.7 Å². The van der Waals surface area contributed by atoms with Crippen LogP contribution in [0.15, 0.2) is 15.7 Å². The second kappa shape index (κ2) is 3.18. The topological polar surface area (TPSA) is 58.6 Å². The Hall–Kier alpha value is -1.32. The van der Waals surface area contributed by atoms with E-state index in [2.05, 4.69) is 10.3 Å². The van der Waals surface area contributed by atoms with Gasteiger partial charge in [0.25, 0.3) is 0 Å². The van der Waals surface area contributed by atoms with Gasteiger partial charge in [0.1, 0.15) is 6.21 Å². The van der Waals surface area contributed by atoms with Crippen LogP contribution in [0.4, 0.5) is 0 Å². The minimum Gasteiger partial charge on any atom is -0.411 e. The smallest absolute Gasteiger partial charge is 0.181 e. The van der Waals surface area contributed by atoms with Crippen molar-refractivity contribution in [1.82, 2.24) is 5.16 Å². The van der Waals surface area contributed by atoms with Crippen LogP contribution in [0, 0.1) is 0 Å². The van der Waals surface area contributed by atoms with E-state index >= 15 is 0 Å². The molecule has 0 aromatic carbocycles. The van der Waals surface area contributed by atoms with E-state index in [9.17, 15) is 0 Å². The van der Waals surface area contributed by atoms with Crippen molar-refractivity contribution in [1.29, 1.82) is 0 Å². The van der Waals surface area contributed by atoms with Gasteiger partial charge in [0.15, 0.2) is 5.76 Å². The summed E-state index contributed by atoms with van der Waals surface area (Å²) < 4.78 is 4.81. The van der Waals surface area contributed by atoms with Crippen LogP contribution in [0.25, 0.3) is 0 Å². The summed E-state index contributed by atoms with van der Waals surface area (Å²) in [5, 5.41) is 14.7. The molecule has 1 rings (SSSR count). The van der Waals surface area contributed by atoms with Crippen molar-refractivity contribution in [2.45, 2.75) is 19.8 Å². The molecule has 0 aliphatic carbocycles. The van der Waals surface area contributed by atoms with E-state index < -0.39 is 0 Å². The summed E-state index contributed by atoms with van der Waals surface area (Å²) in [5.74, 6) is 0.802. The summed E-state index contributed by atoms with van der Waals surface area (Å²) in [4.78, 5) is 0. The standard InChI is InChI=1S/C7H10N2O2/c1-5(2)7-3-6(4-8-10)11-9-7/h3-5,10H,1-2H3. The first kappa shape index (κ1) is 7.78. The molecule has 0 aliphatic rings. The minimum atomic E-state index is 0.333. The van der Waals surface area contributed by atoms with Crippen molar-refractivity contribution < 1.29 is 9.73 Å². The maximum atomic E-state index is 8.15. The molecule has 1 aromatic heterocycles. The monoisotopic (exact) mass is 154 g/mol. The van der Waals surface area contributed by atoms with Crippen LogP contribution in [-0.2, 0) is 0 Å². The zero-order valence-electron chi connectivity index (χ0n) is 6.48. The second-order valence-electron chi connectivity index (χ2n) is 2.55. The van der Waals surface area contributed by atoms with Gasteiger partial charge in [-0.3, -0.25) is 0 Å². The zero-order chi connectivity index (χ0) is 8.27. The molecule has 4 heteroatoms. The lowest BCUT2D eigenvalue weighted by Crippen LogP contribution is -1.84. The van der Waals surface area contributed by atoms with Gasteiger partial charge in [-0.1, -0.05) is 24.2 Å². The Morgan fingerprint density at radius 1 is 1.73 bits per heavy atom. The average molecular weight is 154 g/mol. The highest BCUT2D eigenvalue weighted by atomic mass is 16.5. The van der Waals surface area contributed by atoms with Gasteiger partial charge in [-0.05, 0) is 5.92 Å². The van der Waals surface area contributed by atoms with Crippen LogP contribution < -0.4 is 0 Å². The van der Waals surface area contributed by atoms with Gasteiger partial charge in [-0.2, -0.15) is 0 Å². The molecule has 0 radical (unpaired) electrons. The number of aromatic nitrogens is 1. The van der Waals surface area contributed by atoms with Gasteiger partial charge < -0.3 is 9.73 Å². The Morgan fingerprint density at radius 3 is 2.91 bits per heavy atom. The molecule has 11 heavy (non-hydrogen) atoms. The maximum absolute atomic E-state index is 8.15. The summed E-state index contributed by atoms with van der Waals surface area (Å²) >= 11 is 0. The normalized spacial score (nSPS) is 11.5. The lowest BCUT2D eigenvalue weighted by atomic mass is 10.1. The Kier molecular flexibility index (Phi) is 2.25. The van der Waals surface area contributed by atoms with E-state index in [-0.39, 0.29) is 0 Å². The second-order valence-corrected chi connectivity index (χ2v) is 2.55. The first-order chi connectivity index (χ1) is 5.24. The Bertz CT molecular complexity index is 253. The third-order valence-corrected chi connectivity index (χ3v) is 1.32. The van der Waals surface area contributed by atoms with Crippen LogP contribution in [0.2, 0.25) is 0 Å². The summed E-state index contributed by atoms with van der Waals surface area (Å²) in [5.41, 5.74) is 0.861. The molecule has 0 unspecified atom stereocenters. The number of hydrogen-bond acceptors (Lipinski definition) is 4. The number of nitrogens with zero attached hydrogens (tertiary/aromatic N) is 2. The highest BCUT2D eigenvalue weighted by Gasteiger charge is 2.04. The van der Waals surface area contributed by atoms with Crippen molar-refractivity contribution in [3.63, 3.8) is 0 Å². The molecular formula is C7H10N2O2. The highest BCUT2D eigenvalue weighted by molar-refractivity contribution is 5.75. The van der Waals surface area contributed by atoms with Crippen LogP contribution in [0.1, 0.15) is 31.2 Å². The van der Waals surface area contributed by atoms with Crippen LogP contribution in [0.5, 0.6) is 0 Å². The van der Waals surface area contributed by atoms with Gasteiger partial charge in [-0.15, -0.1) is 0 Å². The van der Waals surface area contributed by atoms with Crippen molar-refractivity contribution in [3.8, 4) is 0 Å². The Balaban J connectivity index is 2.81. The lowest BCUT2D eigenvalue weighted by Gasteiger charge is -1.92. The van der Waals surface area contributed by atoms with Crippen LogP contribution >= 0.6 is 0 Å². The number of rotatable bonds is 2. The lowest BCUT2D eigenvalue weighted by molar-refractivity contribution is 0.319. The SMILES string of the molecule is CC(C)c1cc(C=NO)on1. The van der Waals surface area contributed by atoms with E-state index in [1.807, 2.05) is 13.8 Å². The first-order valence-electron chi connectivity index (χ1n) is 3.38. The van der Waals surface area contributed by atoms with E-state index in [4.69, 9.17) is 9.73 Å².